The van der Waals surface area contributed by atoms with Gasteiger partial charge in [-0.2, -0.15) is 0 Å². The van der Waals surface area contributed by atoms with Crippen molar-refractivity contribution in [2.24, 2.45) is 11.8 Å². The molecule has 5 atom stereocenters. The van der Waals surface area contributed by atoms with Gasteiger partial charge in [0.05, 0.1) is 16.6 Å². The Balaban J connectivity index is 1.71. The molecule has 0 aromatic heterocycles. The van der Waals surface area contributed by atoms with Crippen molar-refractivity contribution in [3.63, 3.8) is 0 Å². The first-order valence-corrected chi connectivity index (χ1v) is 12.7. The van der Waals surface area contributed by atoms with E-state index < -0.39 is 22.6 Å². The summed E-state index contributed by atoms with van der Waals surface area (Å²) in [5, 5.41) is 15.1. The van der Waals surface area contributed by atoms with E-state index in [9.17, 15) is 14.4 Å². The molecule has 3 aliphatic rings. The quantitative estimate of drug-likeness (QED) is 0.504. The number of benzene rings is 1. The monoisotopic (exact) mass is 473 g/mol. The summed E-state index contributed by atoms with van der Waals surface area (Å²) in [6.07, 6.45) is 3.73. The maximum Gasteiger partial charge on any atom is 0.248 e. The number of carbonyl (C=O) groups excluding carboxylic acids is 3. The molecule has 2 bridgehead atoms. The van der Waals surface area contributed by atoms with Gasteiger partial charge in [-0.15, -0.1) is 11.8 Å². The standard InChI is InChI=1S/C25H35N3O4S/c1-15-9-8-10-16(2)19(15)27-22(31)20-25-12-11-24(3,33-25)17(21(30)26-4)18(25)23(32)28(20)13-6-5-7-14-29/h8-10,17-18,20,29H,5-7,11-14H2,1-4H3,(H,26,30)(H,27,31)/t17-,18+,20?,24+,25?/m1/s1. The van der Waals surface area contributed by atoms with Crippen LogP contribution < -0.4 is 10.6 Å². The van der Waals surface area contributed by atoms with Gasteiger partial charge in [0.15, 0.2) is 0 Å². The molecular formula is C25H35N3O4S. The molecule has 0 radical (unpaired) electrons. The summed E-state index contributed by atoms with van der Waals surface area (Å²) in [6.45, 7) is 6.58. The van der Waals surface area contributed by atoms with Gasteiger partial charge in [0, 0.05) is 30.6 Å². The summed E-state index contributed by atoms with van der Waals surface area (Å²) < 4.78 is -0.943. The first kappa shape index (κ1) is 24.1. The minimum absolute atomic E-state index is 0.0785. The number of aryl methyl sites for hydroxylation is 2. The molecule has 1 spiro atoms. The number of likely N-dealkylation sites (tertiary alicyclic amines) is 1. The van der Waals surface area contributed by atoms with Crippen LogP contribution in [0.4, 0.5) is 5.69 Å². The van der Waals surface area contributed by atoms with Crippen molar-refractivity contribution in [3.8, 4) is 0 Å². The van der Waals surface area contributed by atoms with E-state index >= 15 is 0 Å². The van der Waals surface area contributed by atoms with Crippen LogP contribution in [-0.4, -0.2) is 63.5 Å². The molecule has 8 heteroatoms. The maximum absolute atomic E-state index is 13.9. The lowest BCUT2D eigenvalue weighted by molar-refractivity contribution is -0.140. The van der Waals surface area contributed by atoms with Gasteiger partial charge >= 0.3 is 0 Å². The fourth-order valence-electron chi connectivity index (χ4n) is 6.30. The number of hydrogen-bond acceptors (Lipinski definition) is 5. The molecule has 4 rings (SSSR count). The number of nitrogens with one attached hydrogen (secondary N) is 2. The van der Waals surface area contributed by atoms with Crippen LogP contribution in [-0.2, 0) is 14.4 Å². The Morgan fingerprint density at radius 2 is 1.85 bits per heavy atom. The molecule has 3 saturated heterocycles. The Hall–Kier alpha value is -2.06. The van der Waals surface area contributed by atoms with E-state index in [1.165, 1.54) is 0 Å². The van der Waals surface area contributed by atoms with Crippen LogP contribution in [0.2, 0.25) is 0 Å². The van der Waals surface area contributed by atoms with Crippen molar-refractivity contribution in [1.82, 2.24) is 10.2 Å². The highest BCUT2D eigenvalue weighted by atomic mass is 32.2. The molecule has 1 aromatic rings. The summed E-state index contributed by atoms with van der Waals surface area (Å²) in [4.78, 5) is 42.4. The predicted molar refractivity (Wildman–Crippen MR) is 130 cm³/mol. The number of fused-ring (bicyclic) bond motifs is 1. The third-order valence-corrected chi connectivity index (χ3v) is 9.83. The number of aliphatic hydroxyl groups is 1. The van der Waals surface area contributed by atoms with E-state index in [0.717, 1.165) is 42.5 Å². The Kier molecular flexibility index (Phi) is 6.53. The van der Waals surface area contributed by atoms with Gasteiger partial charge in [0.1, 0.15) is 6.04 Å². The largest absolute Gasteiger partial charge is 0.396 e. The number of unbranched alkanes of at least 4 members (excludes halogenated alkanes) is 2. The van der Waals surface area contributed by atoms with E-state index in [2.05, 4.69) is 17.6 Å². The van der Waals surface area contributed by atoms with Crippen molar-refractivity contribution in [1.29, 1.82) is 0 Å². The second-order valence-electron chi connectivity index (χ2n) is 9.91. The highest BCUT2D eigenvalue weighted by Gasteiger charge is 2.76. The summed E-state index contributed by atoms with van der Waals surface area (Å²) in [5.74, 6) is -1.29. The van der Waals surface area contributed by atoms with Crippen LogP contribution in [0.5, 0.6) is 0 Å². The summed E-state index contributed by atoms with van der Waals surface area (Å²) in [6, 6.07) is 5.28. The van der Waals surface area contributed by atoms with Crippen LogP contribution in [0.3, 0.4) is 0 Å². The minimum atomic E-state index is -0.621. The molecule has 3 N–H and O–H groups in total. The summed E-state index contributed by atoms with van der Waals surface area (Å²) >= 11 is 1.69. The number of hydrogen-bond donors (Lipinski definition) is 3. The van der Waals surface area contributed by atoms with Crippen molar-refractivity contribution < 1.29 is 19.5 Å². The fourth-order valence-corrected chi connectivity index (χ4v) is 8.65. The smallest absolute Gasteiger partial charge is 0.248 e. The average Bonchev–Trinajstić information content (AvgIpc) is 3.34. The van der Waals surface area contributed by atoms with Gasteiger partial charge in [-0.05, 0) is 64.0 Å². The average molecular weight is 474 g/mol. The van der Waals surface area contributed by atoms with E-state index in [1.54, 1.807) is 23.7 Å². The lowest BCUT2D eigenvalue weighted by Gasteiger charge is -2.34. The molecule has 3 amide bonds. The number of anilines is 1. The molecule has 0 saturated carbocycles. The highest BCUT2D eigenvalue weighted by Crippen LogP contribution is 2.71. The molecule has 3 aliphatic heterocycles. The normalized spacial score (nSPS) is 32.2. The van der Waals surface area contributed by atoms with Crippen molar-refractivity contribution in [2.75, 3.05) is 25.5 Å². The molecule has 3 fully saturated rings. The number of aliphatic hydroxyl groups excluding tert-OH is 1. The Morgan fingerprint density at radius 3 is 2.48 bits per heavy atom. The minimum Gasteiger partial charge on any atom is -0.396 e. The topological polar surface area (TPSA) is 98.7 Å². The van der Waals surface area contributed by atoms with Crippen molar-refractivity contribution >= 4 is 35.2 Å². The van der Waals surface area contributed by atoms with Gasteiger partial charge in [-0.3, -0.25) is 14.4 Å². The number of nitrogens with zero attached hydrogens (tertiary/aromatic N) is 1. The second kappa shape index (κ2) is 8.95. The molecule has 33 heavy (non-hydrogen) atoms. The number of rotatable bonds is 8. The third kappa shape index (κ3) is 3.75. The van der Waals surface area contributed by atoms with E-state index in [0.29, 0.717) is 13.0 Å². The van der Waals surface area contributed by atoms with Crippen LogP contribution >= 0.6 is 11.8 Å². The zero-order valence-corrected chi connectivity index (χ0v) is 20.8. The van der Waals surface area contributed by atoms with Crippen molar-refractivity contribution in [3.05, 3.63) is 29.3 Å². The molecule has 180 valence electrons. The van der Waals surface area contributed by atoms with Crippen LogP contribution in [0.25, 0.3) is 0 Å². The first-order valence-electron chi connectivity index (χ1n) is 11.9. The van der Waals surface area contributed by atoms with Crippen molar-refractivity contribution in [2.45, 2.75) is 68.4 Å². The van der Waals surface area contributed by atoms with Crippen LogP contribution in [0.15, 0.2) is 18.2 Å². The number of carbonyl (C=O) groups is 3. The second-order valence-corrected chi connectivity index (χ2v) is 11.8. The van der Waals surface area contributed by atoms with E-state index in [1.807, 2.05) is 32.0 Å². The number of amides is 3. The molecule has 1 aromatic carbocycles. The maximum atomic E-state index is 13.9. The Morgan fingerprint density at radius 1 is 1.15 bits per heavy atom. The van der Waals surface area contributed by atoms with Gasteiger partial charge in [-0.1, -0.05) is 18.2 Å². The third-order valence-electron chi connectivity index (χ3n) is 7.84. The van der Waals surface area contributed by atoms with Gasteiger partial charge in [0.25, 0.3) is 0 Å². The lowest BCUT2D eigenvalue weighted by atomic mass is 9.66. The van der Waals surface area contributed by atoms with Gasteiger partial charge in [-0.25, -0.2) is 0 Å². The zero-order valence-electron chi connectivity index (χ0n) is 19.9. The molecule has 3 heterocycles. The van der Waals surface area contributed by atoms with E-state index in [4.69, 9.17) is 5.11 Å². The Labute approximate surface area is 200 Å². The lowest BCUT2D eigenvalue weighted by Crippen LogP contribution is -2.52. The molecule has 2 unspecified atom stereocenters. The number of para-hydroxylation sites is 1. The Bertz CT molecular complexity index is 949. The number of thioether (sulfide) groups is 1. The van der Waals surface area contributed by atoms with Crippen LogP contribution in [0, 0.1) is 25.7 Å². The van der Waals surface area contributed by atoms with Gasteiger partial charge in [0.2, 0.25) is 17.7 Å². The molecule has 7 nitrogen and oxygen atoms in total. The highest BCUT2D eigenvalue weighted by molar-refractivity contribution is 8.02. The zero-order chi connectivity index (χ0) is 24.0. The van der Waals surface area contributed by atoms with E-state index in [-0.39, 0.29) is 29.1 Å². The van der Waals surface area contributed by atoms with Crippen LogP contribution in [0.1, 0.15) is 50.2 Å². The van der Waals surface area contributed by atoms with Gasteiger partial charge < -0.3 is 20.6 Å². The first-order chi connectivity index (χ1) is 15.7. The molecule has 0 aliphatic carbocycles. The SMILES string of the molecule is CNC(=O)[C@H]1[C@H]2C(=O)N(CCCCCO)C(C(=O)Nc3c(C)cccc3C)C23CC[C@]1(C)S3. The fraction of sp³-hybridized carbons (Fsp3) is 0.640. The molecular weight excluding hydrogens is 438 g/mol. The summed E-state index contributed by atoms with van der Waals surface area (Å²) in [5.41, 5.74) is 2.76. The summed E-state index contributed by atoms with van der Waals surface area (Å²) in [7, 11) is 1.62. The predicted octanol–water partition coefficient (Wildman–Crippen LogP) is 2.63.